The minimum atomic E-state index is -3.83. The second-order valence-corrected chi connectivity index (χ2v) is 6.86. The Labute approximate surface area is 140 Å². The summed E-state index contributed by atoms with van der Waals surface area (Å²) in [6, 6.07) is 10.4. The molecule has 5 nitrogen and oxygen atoms in total. The average Bonchev–Trinajstić information content (AvgIpc) is 2.57. The van der Waals surface area contributed by atoms with Crippen LogP contribution in [0.3, 0.4) is 0 Å². The molecule has 0 aliphatic carbocycles. The third kappa shape index (κ3) is 4.18. The van der Waals surface area contributed by atoms with Gasteiger partial charge in [0.15, 0.2) is 5.78 Å². The summed E-state index contributed by atoms with van der Waals surface area (Å²) >= 11 is 0. The van der Waals surface area contributed by atoms with Gasteiger partial charge >= 0.3 is 0 Å². The normalized spacial score (nSPS) is 11.3. The van der Waals surface area contributed by atoms with Crippen molar-refractivity contribution in [1.82, 2.24) is 4.72 Å². The summed E-state index contributed by atoms with van der Waals surface area (Å²) in [5.41, 5.74) is 0.0597. The Morgan fingerprint density at radius 1 is 1.21 bits per heavy atom. The van der Waals surface area contributed by atoms with Crippen molar-refractivity contribution >= 4 is 15.8 Å². The number of carbonyl (C=O) groups is 1. The monoisotopic (exact) mass is 351 g/mol. The fourth-order valence-corrected chi connectivity index (χ4v) is 3.13. The maximum atomic E-state index is 14.2. The lowest BCUT2D eigenvalue weighted by Gasteiger charge is -2.10. The fourth-order valence-electron chi connectivity index (χ4n) is 2.13. The van der Waals surface area contributed by atoms with Gasteiger partial charge in [0, 0.05) is 0 Å². The highest BCUT2D eigenvalue weighted by atomic mass is 32.2. The van der Waals surface area contributed by atoms with E-state index in [2.05, 4.69) is 4.72 Å². The number of hydrogen-bond donors (Lipinski definition) is 1. The van der Waals surface area contributed by atoms with Crippen molar-refractivity contribution in [3.63, 3.8) is 0 Å². The number of ketones is 1. The Hall–Kier alpha value is -2.25. The molecule has 0 aliphatic rings. The predicted molar refractivity (Wildman–Crippen MR) is 88.3 cm³/mol. The number of halogens is 1. The van der Waals surface area contributed by atoms with Crippen LogP contribution in [0.15, 0.2) is 47.4 Å². The van der Waals surface area contributed by atoms with Gasteiger partial charge in [-0.3, -0.25) is 4.79 Å². The second kappa shape index (κ2) is 7.55. The highest BCUT2D eigenvalue weighted by Crippen LogP contribution is 2.21. The number of nitrogens with one attached hydrogen (secondary N) is 1. The van der Waals surface area contributed by atoms with Gasteiger partial charge in [-0.05, 0) is 43.7 Å². The molecule has 0 atom stereocenters. The van der Waals surface area contributed by atoms with Gasteiger partial charge in [-0.2, -0.15) is 0 Å². The minimum Gasteiger partial charge on any atom is -0.494 e. The van der Waals surface area contributed by atoms with Crippen LogP contribution in [0.25, 0.3) is 0 Å². The first kappa shape index (κ1) is 18.1. The van der Waals surface area contributed by atoms with Gasteiger partial charge in [0.25, 0.3) is 0 Å². The number of ether oxygens (including phenoxy) is 1. The molecule has 0 heterocycles. The summed E-state index contributed by atoms with van der Waals surface area (Å²) < 4.78 is 45.9. The lowest BCUT2D eigenvalue weighted by atomic mass is 10.1. The standard InChI is InChI=1S/C17H18FNO4S/c1-3-23-13-9-12(2)17(18)15(10-13)16(20)11-19-24(21,22)14-7-5-4-6-8-14/h4-10,19H,3,11H2,1-2H3. The fraction of sp³-hybridized carbons (Fsp3) is 0.235. The third-order valence-corrected chi connectivity index (χ3v) is 4.73. The van der Waals surface area contributed by atoms with Crippen molar-refractivity contribution in [2.45, 2.75) is 18.7 Å². The molecule has 7 heteroatoms. The summed E-state index contributed by atoms with van der Waals surface area (Å²) in [7, 11) is -3.83. The van der Waals surface area contributed by atoms with Crippen molar-refractivity contribution in [3.8, 4) is 5.75 Å². The van der Waals surface area contributed by atoms with Crippen LogP contribution in [0.1, 0.15) is 22.8 Å². The van der Waals surface area contributed by atoms with Gasteiger partial charge in [-0.1, -0.05) is 18.2 Å². The highest BCUT2D eigenvalue weighted by molar-refractivity contribution is 7.89. The number of carbonyl (C=O) groups excluding carboxylic acids is 1. The first-order chi connectivity index (χ1) is 11.3. The molecule has 0 spiro atoms. The molecule has 24 heavy (non-hydrogen) atoms. The van der Waals surface area contributed by atoms with Crippen LogP contribution in [-0.2, 0) is 10.0 Å². The van der Waals surface area contributed by atoms with Gasteiger partial charge < -0.3 is 4.74 Å². The van der Waals surface area contributed by atoms with E-state index in [0.717, 1.165) is 0 Å². The van der Waals surface area contributed by atoms with E-state index in [4.69, 9.17) is 4.74 Å². The van der Waals surface area contributed by atoms with Gasteiger partial charge in [-0.25, -0.2) is 17.5 Å². The smallest absolute Gasteiger partial charge is 0.240 e. The Morgan fingerprint density at radius 3 is 2.50 bits per heavy atom. The van der Waals surface area contributed by atoms with E-state index in [1.54, 1.807) is 25.1 Å². The summed E-state index contributed by atoms with van der Waals surface area (Å²) in [5, 5.41) is 0. The molecule has 2 aromatic carbocycles. The van der Waals surface area contributed by atoms with Crippen molar-refractivity contribution < 1.29 is 22.3 Å². The number of aryl methyl sites for hydroxylation is 1. The largest absolute Gasteiger partial charge is 0.494 e. The number of hydrogen-bond acceptors (Lipinski definition) is 4. The molecule has 0 amide bonds. The van der Waals surface area contributed by atoms with Gasteiger partial charge in [0.1, 0.15) is 11.6 Å². The van der Waals surface area contributed by atoms with Gasteiger partial charge in [-0.15, -0.1) is 0 Å². The Morgan fingerprint density at radius 2 is 1.88 bits per heavy atom. The summed E-state index contributed by atoms with van der Waals surface area (Å²) in [5.74, 6) is -0.982. The van der Waals surface area contributed by atoms with Crippen molar-refractivity contribution in [2.24, 2.45) is 0 Å². The van der Waals surface area contributed by atoms with Gasteiger partial charge in [0.05, 0.1) is 23.6 Å². The molecular weight excluding hydrogens is 333 g/mol. The zero-order valence-electron chi connectivity index (χ0n) is 13.4. The zero-order valence-corrected chi connectivity index (χ0v) is 14.2. The topological polar surface area (TPSA) is 72.5 Å². The van der Waals surface area contributed by atoms with Crippen LogP contribution in [0, 0.1) is 12.7 Å². The van der Waals surface area contributed by atoms with Crippen molar-refractivity contribution in [2.75, 3.05) is 13.2 Å². The molecular formula is C17H18FNO4S. The maximum Gasteiger partial charge on any atom is 0.240 e. The van der Waals surface area contributed by atoms with Crippen molar-refractivity contribution in [1.29, 1.82) is 0 Å². The lowest BCUT2D eigenvalue weighted by molar-refractivity contribution is 0.0992. The molecule has 0 unspecified atom stereocenters. The summed E-state index contributed by atoms with van der Waals surface area (Å²) in [4.78, 5) is 12.3. The number of rotatable bonds is 7. The Balaban J connectivity index is 2.19. The summed E-state index contributed by atoms with van der Waals surface area (Å²) in [6.45, 7) is 3.12. The van der Waals surface area contributed by atoms with E-state index < -0.39 is 28.2 Å². The van der Waals surface area contributed by atoms with Gasteiger partial charge in [0.2, 0.25) is 10.0 Å². The second-order valence-electron chi connectivity index (χ2n) is 5.10. The Kier molecular flexibility index (Phi) is 5.69. The molecule has 0 fully saturated rings. The van der Waals surface area contributed by atoms with E-state index >= 15 is 0 Å². The molecule has 0 aromatic heterocycles. The number of sulfonamides is 1. The molecule has 128 valence electrons. The predicted octanol–water partition coefficient (Wildman–Crippen LogP) is 2.69. The number of benzene rings is 2. The van der Waals surface area contributed by atoms with E-state index in [1.165, 1.54) is 31.2 Å². The van der Waals surface area contributed by atoms with E-state index in [-0.39, 0.29) is 16.0 Å². The van der Waals surface area contributed by atoms with Crippen LogP contribution in [0.5, 0.6) is 5.75 Å². The van der Waals surface area contributed by atoms with E-state index in [0.29, 0.717) is 12.4 Å². The van der Waals surface area contributed by atoms with Crippen LogP contribution in [0.4, 0.5) is 4.39 Å². The minimum absolute atomic E-state index is 0.0394. The van der Waals surface area contributed by atoms with Crippen molar-refractivity contribution in [3.05, 3.63) is 59.4 Å². The zero-order chi connectivity index (χ0) is 17.7. The molecule has 1 N–H and O–H groups in total. The van der Waals surface area contributed by atoms with Crippen LogP contribution < -0.4 is 9.46 Å². The molecule has 0 bridgehead atoms. The lowest BCUT2D eigenvalue weighted by Crippen LogP contribution is -2.30. The SMILES string of the molecule is CCOc1cc(C)c(F)c(C(=O)CNS(=O)(=O)c2ccccc2)c1. The first-order valence-electron chi connectivity index (χ1n) is 7.36. The Bertz CT molecular complexity index is 835. The average molecular weight is 351 g/mol. The molecule has 0 saturated heterocycles. The number of Topliss-reactive ketones (excluding diaryl/α,β-unsaturated/α-hetero) is 1. The molecule has 0 radical (unpaired) electrons. The van der Waals surface area contributed by atoms with E-state index in [9.17, 15) is 17.6 Å². The van der Waals surface area contributed by atoms with Crippen LogP contribution in [-0.4, -0.2) is 27.4 Å². The van der Waals surface area contributed by atoms with Crippen LogP contribution >= 0.6 is 0 Å². The third-order valence-electron chi connectivity index (χ3n) is 3.32. The highest BCUT2D eigenvalue weighted by Gasteiger charge is 2.19. The van der Waals surface area contributed by atoms with Crippen LogP contribution in [0.2, 0.25) is 0 Å². The molecule has 2 aromatic rings. The maximum absolute atomic E-state index is 14.2. The summed E-state index contributed by atoms with van der Waals surface area (Å²) in [6.07, 6.45) is 0. The first-order valence-corrected chi connectivity index (χ1v) is 8.84. The molecule has 0 aliphatic heterocycles. The molecule has 2 rings (SSSR count). The molecule has 0 saturated carbocycles. The quantitative estimate of drug-likeness (QED) is 0.779. The van der Waals surface area contributed by atoms with E-state index in [1.807, 2.05) is 0 Å².